The number of amidine groups is 1. The van der Waals surface area contributed by atoms with E-state index >= 15 is 0 Å². The van der Waals surface area contributed by atoms with Crippen molar-refractivity contribution in [3.05, 3.63) is 20.8 Å². The molecule has 0 bridgehead atoms. The highest BCUT2D eigenvalue weighted by molar-refractivity contribution is 9.10. The van der Waals surface area contributed by atoms with E-state index in [2.05, 4.69) is 51.5 Å². The van der Waals surface area contributed by atoms with Crippen LogP contribution in [0.15, 0.2) is 20.9 Å². The summed E-state index contributed by atoms with van der Waals surface area (Å²) in [6.45, 7) is 5.27. The lowest BCUT2D eigenvalue weighted by atomic mass is 10.1. The summed E-state index contributed by atoms with van der Waals surface area (Å²) in [5, 5.41) is 6.66. The van der Waals surface area contributed by atoms with Crippen LogP contribution in [0.2, 0.25) is 0 Å². The van der Waals surface area contributed by atoms with Gasteiger partial charge in [-0.2, -0.15) is 0 Å². The van der Waals surface area contributed by atoms with Gasteiger partial charge in [0.05, 0.1) is 6.54 Å². The third-order valence-electron chi connectivity index (χ3n) is 2.57. The average Bonchev–Trinajstić information content (AvgIpc) is 2.83. The van der Waals surface area contributed by atoms with Crippen LogP contribution in [-0.2, 0) is 6.54 Å². The zero-order valence-corrected chi connectivity index (χ0v) is 12.6. The molecule has 2 nitrogen and oxygen atoms in total. The van der Waals surface area contributed by atoms with Gasteiger partial charge in [-0.05, 0) is 33.3 Å². The van der Waals surface area contributed by atoms with Crippen molar-refractivity contribution in [1.29, 1.82) is 0 Å². The molecule has 1 fully saturated rings. The number of nitrogens with zero attached hydrogens (tertiary/aromatic N) is 1. The molecule has 1 aliphatic rings. The first-order valence-electron chi connectivity index (χ1n) is 5.32. The van der Waals surface area contributed by atoms with E-state index in [0.29, 0.717) is 12.0 Å². The van der Waals surface area contributed by atoms with E-state index in [9.17, 15) is 0 Å². The lowest BCUT2D eigenvalue weighted by molar-refractivity contribution is 0.503. The quantitative estimate of drug-likeness (QED) is 0.918. The van der Waals surface area contributed by atoms with Crippen molar-refractivity contribution < 1.29 is 0 Å². The van der Waals surface area contributed by atoms with Gasteiger partial charge in [0.1, 0.15) is 0 Å². The molecule has 1 N–H and O–H groups in total. The highest BCUT2D eigenvalue weighted by Crippen LogP contribution is 2.25. The summed E-state index contributed by atoms with van der Waals surface area (Å²) in [4.78, 5) is 5.90. The van der Waals surface area contributed by atoms with Crippen molar-refractivity contribution in [2.24, 2.45) is 10.9 Å². The van der Waals surface area contributed by atoms with Crippen molar-refractivity contribution >= 4 is 44.2 Å². The van der Waals surface area contributed by atoms with E-state index in [-0.39, 0.29) is 0 Å². The van der Waals surface area contributed by atoms with Gasteiger partial charge in [0.25, 0.3) is 0 Å². The molecule has 16 heavy (non-hydrogen) atoms. The van der Waals surface area contributed by atoms with Gasteiger partial charge in [0, 0.05) is 21.1 Å². The summed E-state index contributed by atoms with van der Waals surface area (Å²) in [7, 11) is 0. The highest BCUT2D eigenvalue weighted by atomic mass is 79.9. The van der Waals surface area contributed by atoms with E-state index < -0.39 is 0 Å². The summed E-state index contributed by atoms with van der Waals surface area (Å²) in [5.41, 5.74) is 0. The smallest absolute Gasteiger partial charge is 0.157 e. The largest absolute Gasteiger partial charge is 0.361 e. The Labute approximate surface area is 113 Å². The number of aliphatic imine (C=N–C) groups is 1. The van der Waals surface area contributed by atoms with Crippen LogP contribution in [0.4, 0.5) is 0 Å². The summed E-state index contributed by atoms with van der Waals surface area (Å²) >= 11 is 7.11. The topological polar surface area (TPSA) is 24.4 Å². The minimum Gasteiger partial charge on any atom is -0.361 e. The normalized spacial score (nSPS) is 23.0. The molecule has 0 spiro atoms. The fraction of sp³-hybridized carbons (Fsp3) is 0.545. The molecule has 1 atom stereocenters. The molecule has 0 radical (unpaired) electrons. The molecule has 5 heteroatoms. The second-order valence-corrected chi connectivity index (χ2v) is 6.98. The first-order chi connectivity index (χ1) is 7.66. The van der Waals surface area contributed by atoms with E-state index in [4.69, 9.17) is 0 Å². The van der Waals surface area contributed by atoms with E-state index in [1.807, 2.05) is 11.8 Å². The van der Waals surface area contributed by atoms with Crippen LogP contribution in [0.1, 0.15) is 18.7 Å². The van der Waals surface area contributed by atoms with Crippen LogP contribution >= 0.6 is 39.0 Å². The van der Waals surface area contributed by atoms with Crippen LogP contribution in [0.3, 0.4) is 0 Å². The molecule has 1 unspecified atom stereocenters. The number of halogens is 1. The highest BCUT2D eigenvalue weighted by Gasteiger charge is 2.22. The second-order valence-electron chi connectivity index (χ2n) is 4.12. The molecule has 2 rings (SSSR count). The van der Waals surface area contributed by atoms with E-state index in [1.54, 1.807) is 11.3 Å². The minimum absolute atomic E-state index is 0.579. The molecule has 0 aromatic carbocycles. The number of thioether (sulfide) groups is 1. The second kappa shape index (κ2) is 5.56. The van der Waals surface area contributed by atoms with Gasteiger partial charge in [-0.3, -0.25) is 4.99 Å². The summed E-state index contributed by atoms with van der Waals surface area (Å²) in [6, 6.07) is 2.65. The predicted molar refractivity (Wildman–Crippen MR) is 77.4 cm³/mol. The van der Waals surface area contributed by atoms with Crippen LogP contribution in [0, 0.1) is 5.92 Å². The van der Waals surface area contributed by atoms with Crippen molar-refractivity contribution in [1.82, 2.24) is 5.32 Å². The van der Waals surface area contributed by atoms with Crippen LogP contribution in [0.25, 0.3) is 0 Å². The fourth-order valence-electron chi connectivity index (χ4n) is 1.44. The SMILES string of the molecule is CC(C)C1CSC(=NCc2sccc2Br)N1. The summed E-state index contributed by atoms with van der Waals surface area (Å²) in [6.07, 6.45) is 0. The Morgan fingerprint density at radius 1 is 1.62 bits per heavy atom. The number of thiophene rings is 1. The van der Waals surface area contributed by atoms with Crippen molar-refractivity contribution in [3.63, 3.8) is 0 Å². The standard InChI is InChI=1S/C11H15BrN2S2/c1-7(2)9-6-16-11(14-9)13-5-10-8(12)3-4-15-10/h3-4,7,9H,5-6H2,1-2H3,(H,13,14). The lowest BCUT2D eigenvalue weighted by Gasteiger charge is -2.12. The monoisotopic (exact) mass is 318 g/mol. The van der Waals surface area contributed by atoms with Gasteiger partial charge < -0.3 is 5.32 Å². The van der Waals surface area contributed by atoms with Gasteiger partial charge in [-0.25, -0.2) is 0 Å². The zero-order valence-electron chi connectivity index (χ0n) is 9.37. The number of nitrogens with one attached hydrogen (secondary N) is 1. The third-order valence-corrected chi connectivity index (χ3v) is 5.53. The van der Waals surface area contributed by atoms with E-state index in [1.165, 1.54) is 9.35 Å². The molecular formula is C11H15BrN2S2. The molecular weight excluding hydrogens is 304 g/mol. The minimum atomic E-state index is 0.579. The summed E-state index contributed by atoms with van der Waals surface area (Å²) < 4.78 is 1.17. The van der Waals surface area contributed by atoms with Gasteiger partial charge in [-0.15, -0.1) is 11.3 Å². The van der Waals surface area contributed by atoms with Crippen LogP contribution < -0.4 is 5.32 Å². The van der Waals surface area contributed by atoms with Crippen molar-refractivity contribution in [2.45, 2.75) is 26.4 Å². The Morgan fingerprint density at radius 2 is 2.44 bits per heavy atom. The predicted octanol–water partition coefficient (Wildman–Crippen LogP) is 3.73. The fourth-order valence-corrected chi connectivity index (χ4v) is 4.04. The molecule has 1 aliphatic heterocycles. The molecule has 0 saturated carbocycles. The van der Waals surface area contributed by atoms with Crippen molar-refractivity contribution in [2.75, 3.05) is 5.75 Å². The first-order valence-corrected chi connectivity index (χ1v) is 7.98. The molecule has 2 heterocycles. The Balaban J connectivity index is 1.92. The molecule has 0 aliphatic carbocycles. The van der Waals surface area contributed by atoms with Gasteiger partial charge >= 0.3 is 0 Å². The Kier molecular flexibility index (Phi) is 4.33. The molecule has 0 amide bonds. The maximum Gasteiger partial charge on any atom is 0.157 e. The molecule has 1 saturated heterocycles. The Bertz CT molecular complexity index is 387. The zero-order chi connectivity index (χ0) is 11.5. The maximum atomic E-state index is 4.61. The third kappa shape index (κ3) is 3.02. The van der Waals surface area contributed by atoms with Gasteiger partial charge in [0.2, 0.25) is 0 Å². The summed E-state index contributed by atoms with van der Waals surface area (Å²) in [5.74, 6) is 1.82. The molecule has 1 aromatic rings. The van der Waals surface area contributed by atoms with Crippen LogP contribution in [0.5, 0.6) is 0 Å². The van der Waals surface area contributed by atoms with Gasteiger partial charge in [0.15, 0.2) is 5.17 Å². The number of hydrogen-bond donors (Lipinski definition) is 1. The number of rotatable bonds is 3. The molecule has 1 aromatic heterocycles. The lowest BCUT2D eigenvalue weighted by Crippen LogP contribution is -2.31. The number of hydrogen-bond acceptors (Lipinski definition) is 3. The van der Waals surface area contributed by atoms with Crippen molar-refractivity contribution in [3.8, 4) is 0 Å². The van der Waals surface area contributed by atoms with Crippen LogP contribution in [-0.4, -0.2) is 17.0 Å². The molecule has 88 valence electrons. The van der Waals surface area contributed by atoms with E-state index in [0.717, 1.165) is 17.5 Å². The average molecular weight is 319 g/mol. The Morgan fingerprint density at radius 3 is 3.00 bits per heavy atom. The maximum absolute atomic E-state index is 4.61. The first kappa shape index (κ1) is 12.5. The van der Waals surface area contributed by atoms with Gasteiger partial charge in [-0.1, -0.05) is 25.6 Å². The Hall–Kier alpha value is -0.0000000000000000555.